The minimum absolute atomic E-state index is 0.299. The lowest BCUT2D eigenvalue weighted by Gasteiger charge is -2.09. The van der Waals surface area contributed by atoms with Gasteiger partial charge in [-0.1, -0.05) is 12.1 Å². The van der Waals surface area contributed by atoms with E-state index in [1.165, 1.54) is 6.07 Å². The zero-order valence-corrected chi connectivity index (χ0v) is 13.5. The standard InChI is InChI=1S/C18H20N2O4/c1-2-23-9-10-24-16-8-4-6-14(12-16)18(22)20-15-7-3-5-13(11-15)17(19)21/h3-8,11-12H,2,9-10H2,1H3,(H2,19,21)(H,20,22). The van der Waals surface area contributed by atoms with Gasteiger partial charge in [-0.2, -0.15) is 0 Å². The van der Waals surface area contributed by atoms with Crippen LogP contribution in [0.5, 0.6) is 5.75 Å². The maximum atomic E-state index is 12.3. The summed E-state index contributed by atoms with van der Waals surface area (Å²) in [6.07, 6.45) is 0. The molecule has 126 valence electrons. The summed E-state index contributed by atoms with van der Waals surface area (Å²) in [5.74, 6) is -0.254. The van der Waals surface area contributed by atoms with Gasteiger partial charge in [0.15, 0.2) is 0 Å². The molecule has 0 aromatic heterocycles. The topological polar surface area (TPSA) is 90.7 Å². The van der Waals surface area contributed by atoms with Gasteiger partial charge < -0.3 is 20.5 Å². The molecule has 0 unspecified atom stereocenters. The second-order valence-corrected chi connectivity index (χ2v) is 4.97. The minimum Gasteiger partial charge on any atom is -0.491 e. The summed E-state index contributed by atoms with van der Waals surface area (Å²) in [6, 6.07) is 13.3. The Kier molecular flexibility index (Phi) is 6.33. The summed E-state index contributed by atoms with van der Waals surface area (Å²) in [6.45, 7) is 3.46. The Morgan fingerprint density at radius 3 is 2.54 bits per heavy atom. The monoisotopic (exact) mass is 328 g/mol. The van der Waals surface area contributed by atoms with Crippen molar-refractivity contribution in [2.45, 2.75) is 6.92 Å². The van der Waals surface area contributed by atoms with Crippen molar-refractivity contribution in [1.82, 2.24) is 0 Å². The van der Waals surface area contributed by atoms with Crippen molar-refractivity contribution >= 4 is 17.5 Å². The molecule has 6 nitrogen and oxygen atoms in total. The number of hydrogen-bond acceptors (Lipinski definition) is 4. The van der Waals surface area contributed by atoms with Crippen LogP contribution in [-0.2, 0) is 4.74 Å². The zero-order valence-electron chi connectivity index (χ0n) is 13.5. The molecule has 2 aromatic rings. The molecule has 0 bridgehead atoms. The van der Waals surface area contributed by atoms with Crippen molar-refractivity contribution < 1.29 is 19.1 Å². The minimum atomic E-state index is -0.546. The van der Waals surface area contributed by atoms with Crippen LogP contribution in [0.2, 0.25) is 0 Å². The smallest absolute Gasteiger partial charge is 0.255 e. The molecule has 0 spiro atoms. The van der Waals surface area contributed by atoms with Crippen LogP contribution in [0.25, 0.3) is 0 Å². The van der Waals surface area contributed by atoms with E-state index in [0.717, 1.165) is 0 Å². The highest BCUT2D eigenvalue weighted by atomic mass is 16.5. The highest BCUT2D eigenvalue weighted by Gasteiger charge is 2.09. The lowest BCUT2D eigenvalue weighted by atomic mass is 10.1. The first-order valence-electron chi connectivity index (χ1n) is 7.62. The molecule has 0 aliphatic rings. The average Bonchev–Trinajstić information content (AvgIpc) is 2.59. The number of hydrogen-bond donors (Lipinski definition) is 2. The Bertz CT molecular complexity index is 716. The summed E-state index contributed by atoms with van der Waals surface area (Å²) in [5.41, 5.74) is 6.52. The van der Waals surface area contributed by atoms with E-state index in [1.807, 2.05) is 6.92 Å². The van der Waals surface area contributed by atoms with Gasteiger partial charge in [0.25, 0.3) is 5.91 Å². The highest BCUT2D eigenvalue weighted by molar-refractivity contribution is 6.05. The number of carbonyl (C=O) groups excluding carboxylic acids is 2. The fraction of sp³-hybridized carbons (Fsp3) is 0.222. The van der Waals surface area contributed by atoms with E-state index in [0.29, 0.717) is 42.4 Å². The number of primary amides is 1. The Morgan fingerprint density at radius 1 is 1.04 bits per heavy atom. The van der Waals surface area contributed by atoms with Gasteiger partial charge >= 0.3 is 0 Å². The van der Waals surface area contributed by atoms with Gasteiger partial charge in [0.1, 0.15) is 12.4 Å². The molecule has 0 saturated carbocycles. The second kappa shape index (κ2) is 8.69. The second-order valence-electron chi connectivity index (χ2n) is 4.97. The summed E-state index contributed by atoms with van der Waals surface area (Å²) < 4.78 is 10.7. The number of rotatable bonds is 8. The molecular weight excluding hydrogens is 308 g/mol. The molecule has 0 fully saturated rings. The number of carbonyl (C=O) groups is 2. The number of nitrogens with one attached hydrogen (secondary N) is 1. The van der Waals surface area contributed by atoms with Gasteiger partial charge in [-0.15, -0.1) is 0 Å². The molecular formula is C18H20N2O4. The van der Waals surface area contributed by atoms with E-state index in [4.69, 9.17) is 15.2 Å². The van der Waals surface area contributed by atoms with Gasteiger partial charge in [0.05, 0.1) is 6.61 Å². The van der Waals surface area contributed by atoms with Gasteiger partial charge in [0, 0.05) is 23.4 Å². The molecule has 24 heavy (non-hydrogen) atoms. The number of amides is 2. The van der Waals surface area contributed by atoms with Crippen molar-refractivity contribution in [1.29, 1.82) is 0 Å². The summed E-state index contributed by atoms with van der Waals surface area (Å²) >= 11 is 0. The molecule has 0 aliphatic heterocycles. The predicted octanol–water partition coefficient (Wildman–Crippen LogP) is 2.45. The molecule has 2 aromatic carbocycles. The van der Waals surface area contributed by atoms with Gasteiger partial charge in [-0.05, 0) is 43.3 Å². The molecule has 6 heteroatoms. The van der Waals surface area contributed by atoms with Crippen molar-refractivity contribution in [2.24, 2.45) is 5.73 Å². The third-order valence-corrected chi connectivity index (χ3v) is 3.20. The number of anilines is 1. The van der Waals surface area contributed by atoms with Crippen molar-refractivity contribution in [3.05, 3.63) is 59.7 Å². The maximum absolute atomic E-state index is 12.3. The Hall–Kier alpha value is -2.86. The van der Waals surface area contributed by atoms with Gasteiger partial charge in [-0.3, -0.25) is 9.59 Å². The fourth-order valence-electron chi connectivity index (χ4n) is 2.04. The molecule has 0 atom stereocenters. The Labute approximate surface area is 140 Å². The van der Waals surface area contributed by atoms with E-state index in [1.54, 1.807) is 42.5 Å². The highest BCUT2D eigenvalue weighted by Crippen LogP contribution is 2.16. The quantitative estimate of drug-likeness (QED) is 0.728. The molecule has 0 radical (unpaired) electrons. The molecule has 3 N–H and O–H groups in total. The van der Waals surface area contributed by atoms with E-state index in [9.17, 15) is 9.59 Å². The normalized spacial score (nSPS) is 10.2. The number of nitrogens with two attached hydrogens (primary N) is 1. The average molecular weight is 328 g/mol. The van der Waals surface area contributed by atoms with Crippen LogP contribution in [0.3, 0.4) is 0 Å². The summed E-state index contributed by atoms with van der Waals surface area (Å²) in [4.78, 5) is 23.5. The van der Waals surface area contributed by atoms with Crippen molar-refractivity contribution in [3.8, 4) is 5.75 Å². The fourth-order valence-corrected chi connectivity index (χ4v) is 2.04. The van der Waals surface area contributed by atoms with E-state index in [-0.39, 0.29) is 5.91 Å². The molecule has 0 saturated heterocycles. The van der Waals surface area contributed by atoms with Crippen LogP contribution in [-0.4, -0.2) is 31.6 Å². The molecule has 0 heterocycles. The lowest BCUT2D eigenvalue weighted by molar-refractivity contribution is 0.0996. The van der Waals surface area contributed by atoms with E-state index in [2.05, 4.69) is 5.32 Å². The Balaban J connectivity index is 2.01. The first-order chi connectivity index (χ1) is 11.6. The molecule has 2 rings (SSSR count). The summed E-state index contributed by atoms with van der Waals surface area (Å²) in [7, 11) is 0. The van der Waals surface area contributed by atoms with E-state index >= 15 is 0 Å². The van der Waals surface area contributed by atoms with Crippen LogP contribution in [0, 0.1) is 0 Å². The molecule has 0 aliphatic carbocycles. The first kappa shape index (κ1) is 17.5. The lowest BCUT2D eigenvalue weighted by Crippen LogP contribution is -2.14. The van der Waals surface area contributed by atoms with Gasteiger partial charge in [-0.25, -0.2) is 0 Å². The van der Waals surface area contributed by atoms with Gasteiger partial charge in [0.2, 0.25) is 5.91 Å². The zero-order chi connectivity index (χ0) is 17.4. The van der Waals surface area contributed by atoms with Crippen LogP contribution in [0.1, 0.15) is 27.6 Å². The van der Waals surface area contributed by atoms with E-state index < -0.39 is 5.91 Å². The van der Waals surface area contributed by atoms with Crippen molar-refractivity contribution in [3.63, 3.8) is 0 Å². The Morgan fingerprint density at radius 2 is 1.79 bits per heavy atom. The SMILES string of the molecule is CCOCCOc1cccc(C(=O)Nc2cccc(C(N)=O)c2)c1. The van der Waals surface area contributed by atoms with Crippen LogP contribution >= 0.6 is 0 Å². The maximum Gasteiger partial charge on any atom is 0.255 e. The van der Waals surface area contributed by atoms with Crippen LogP contribution in [0.15, 0.2) is 48.5 Å². The number of benzene rings is 2. The third kappa shape index (κ3) is 5.10. The third-order valence-electron chi connectivity index (χ3n) is 3.20. The largest absolute Gasteiger partial charge is 0.491 e. The number of ether oxygens (including phenoxy) is 2. The van der Waals surface area contributed by atoms with Crippen LogP contribution in [0.4, 0.5) is 5.69 Å². The predicted molar refractivity (Wildman–Crippen MR) is 91.3 cm³/mol. The first-order valence-corrected chi connectivity index (χ1v) is 7.62. The summed E-state index contributed by atoms with van der Waals surface area (Å²) in [5, 5.41) is 2.73. The van der Waals surface area contributed by atoms with Crippen molar-refractivity contribution in [2.75, 3.05) is 25.1 Å². The van der Waals surface area contributed by atoms with Crippen LogP contribution < -0.4 is 15.8 Å². The molecule has 2 amide bonds.